The molecule has 0 fully saturated rings. The lowest BCUT2D eigenvalue weighted by Gasteiger charge is -2.19. The van der Waals surface area contributed by atoms with Crippen LogP contribution in [0.4, 0.5) is 11.5 Å². The first kappa shape index (κ1) is 14.9. The van der Waals surface area contributed by atoms with E-state index >= 15 is 0 Å². The van der Waals surface area contributed by atoms with Gasteiger partial charge in [-0.1, -0.05) is 26.8 Å². The van der Waals surface area contributed by atoms with Crippen LogP contribution in [0.25, 0.3) is 11.4 Å². The Morgan fingerprint density at radius 2 is 1.86 bits per heavy atom. The molecule has 110 valence electrons. The lowest BCUT2D eigenvalue weighted by molar-refractivity contribution is -0.384. The van der Waals surface area contributed by atoms with Crippen LogP contribution in [0.1, 0.15) is 32.0 Å². The molecule has 6 heteroatoms. The first-order valence-corrected chi connectivity index (χ1v) is 6.59. The minimum Gasteiger partial charge on any atom is -0.384 e. The number of hydrogen-bond donors (Lipinski definition) is 1. The van der Waals surface area contributed by atoms with Crippen LogP contribution < -0.4 is 5.73 Å². The van der Waals surface area contributed by atoms with Crippen molar-refractivity contribution < 1.29 is 4.92 Å². The maximum Gasteiger partial charge on any atom is 0.270 e. The molecule has 0 spiro atoms. The Labute approximate surface area is 123 Å². The van der Waals surface area contributed by atoms with Gasteiger partial charge < -0.3 is 5.73 Å². The van der Waals surface area contributed by atoms with Gasteiger partial charge in [0.15, 0.2) is 5.82 Å². The molecule has 1 aromatic carbocycles. The highest BCUT2D eigenvalue weighted by Gasteiger charge is 2.19. The number of nitrogens with zero attached hydrogens (tertiary/aromatic N) is 3. The topological polar surface area (TPSA) is 94.9 Å². The van der Waals surface area contributed by atoms with E-state index in [-0.39, 0.29) is 11.1 Å². The summed E-state index contributed by atoms with van der Waals surface area (Å²) in [5.74, 6) is 0.775. The second kappa shape index (κ2) is 5.12. The standard InChI is InChI=1S/C15H18N4O2/c1-9-5-6-10(19(20)21)7-11(9)14-17-12(15(2,3)4)8-13(16)18-14/h5-8H,1-4H3,(H2,16,17,18). The van der Waals surface area contributed by atoms with Gasteiger partial charge in [0.25, 0.3) is 5.69 Å². The van der Waals surface area contributed by atoms with Gasteiger partial charge in [0.05, 0.1) is 10.6 Å². The van der Waals surface area contributed by atoms with Crippen LogP contribution in [0.2, 0.25) is 0 Å². The van der Waals surface area contributed by atoms with Gasteiger partial charge in [-0.3, -0.25) is 10.1 Å². The molecular weight excluding hydrogens is 268 g/mol. The third kappa shape index (κ3) is 3.16. The maximum atomic E-state index is 10.9. The molecule has 0 saturated heterocycles. The average Bonchev–Trinajstić information content (AvgIpc) is 2.37. The molecular formula is C15H18N4O2. The Kier molecular flexibility index (Phi) is 3.63. The predicted molar refractivity (Wildman–Crippen MR) is 82.0 cm³/mol. The number of nitrogens with two attached hydrogens (primary N) is 1. The summed E-state index contributed by atoms with van der Waals surface area (Å²) in [5, 5.41) is 10.9. The van der Waals surface area contributed by atoms with Gasteiger partial charge in [0, 0.05) is 29.2 Å². The lowest BCUT2D eigenvalue weighted by atomic mass is 9.91. The molecule has 0 atom stereocenters. The van der Waals surface area contributed by atoms with E-state index < -0.39 is 4.92 Å². The van der Waals surface area contributed by atoms with E-state index in [4.69, 9.17) is 5.73 Å². The van der Waals surface area contributed by atoms with E-state index in [1.165, 1.54) is 12.1 Å². The van der Waals surface area contributed by atoms with Crippen molar-refractivity contribution in [2.24, 2.45) is 0 Å². The number of aromatic nitrogens is 2. The summed E-state index contributed by atoms with van der Waals surface area (Å²) in [7, 11) is 0. The van der Waals surface area contributed by atoms with Crippen molar-refractivity contribution in [1.82, 2.24) is 9.97 Å². The molecule has 0 bridgehead atoms. The van der Waals surface area contributed by atoms with Crippen LogP contribution in [-0.2, 0) is 5.41 Å². The summed E-state index contributed by atoms with van der Waals surface area (Å²) in [6.07, 6.45) is 0. The molecule has 21 heavy (non-hydrogen) atoms. The molecule has 2 N–H and O–H groups in total. The molecule has 2 rings (SSSR count). The number of hydrogen-bond acceptors (Lipinski definition) is 5. The maximum absolute atomic E-state index is 10.9. The number of nitrogen functional groups attached to an aromatic ring is 1. The average molecular weight is 286 g/mol. The number of anilines is 1. The fourth-order valence-corrected chi connectivity index (χ4v) is 1.94. The molecule has 0 unspecified atom stereocenters. The number of aryl methyl sites for hydroxylation is 1. The molecule has 0 aliphatic rings. The molecule has 2 aromatic rings. The first-order valence-electron chi connectivity index (χ1n) is 6.59. The molecule has 1 aromatic heterocycles. The smallest absolute Gasteiger partial charge is 0.270 e. The zero-order chi connectivity index (χ0) is 15.8. The fraction of sp³-hybridized carbons (Fsp3) is 0.333. The minimum absolute atomic E-state index is 0.0129. The summed E-state index contributed by atoms with van der Waals surface area (Å²) in [4.78, 5) is 19.2. The van der Waals surface area contributed by atoms with E-state index in [2.05, 4.69) is 9.97 Å². The molecule has 0 aliphatic heterocycles. The Hall–Kier alpha value is -2.50. The molecule has 6 nitrogen and oxygen atoms in total. The molecule has 0 amide bonds. The first-order chi connectivity index (χ1) is 9.68. The fourth-order valence-electron chi connectivity index (χ4n) is 1.94. The zero-order valence-electron chi connectivity index (χ0n) is 12.5. The highest BCUT2D eigenvalue weighted by atomic mass is 16.6. The van der Waals surface area contributed by atoms with Crippen molar-refractivity contribution >= 4 is 11.5 Å². The Bertz CT molecular complexity index is 705. The summed E-state index contributed by atoms with van der Waals surface area (Å²) in [6, 6.07) is 6.37. The Morgan fingerprint density at radius 3 is 2.43 bits per heavy atom. The summed E-state index contributed by atoms with van der Waals surface area (Å²) in [6.45, 7) is 7.94. The monoisotopic (exact) mass is 286 g/mol. The molecule has 1 heterocycles. The predicted octanol–water partition coefficient (Wildman–Crippen LogP) is 3.24. The van der Waals surface area contributed by atoms with Gasteiger partial charge in [-0.25, -0.2) is 9.97 Å². The largest absolute Gasteiger partial charge is 0.384 e. The van der Waals surface area contributed by atoms with Crippen molar-refractivity contribution in [1.29, 1.82) is 0 Å². The van der Waals surface area contributed by atoms with Crippen LogP contribution in [0.15, 0.2) is 24.3 Å². The Morgan fingerprint density at radius 1 is 1.19 bits per heavy atom. The van der Waals surface area contributed by atoms with Crippen molar-refractivity contribution in [3.05, 3.63) is 45.6 Å². The number of benzene rings is 1. The SMILES string of the molecule is Cc1ccc([N+](=O)[O-])cc1-c1nc(N)cc(C(C)(C)C)n1. The third-order valence-corrected chi connectivity index (χ3v) is 3.19. The number of nitro groups is 1. The van der Waals surface area contributed by atoms with Crippen molar-refractivity contribution in [3.8, 4) is 11.4 Å². The van der Waals surface area contributed by atoms with Crippen molar-refractivity contribution in [3.63, 3.8) is 0 Å². The summed E-state index contributed by atoms with van der Waals surface area (Å²) >= 11 is 0. The molecule has 0 aliphatic carbocycles. The van der Waals surface area contributed by atoms with E-state index in [0.717, 1.165) is 11.3 Å². The van der Waals surface area contributed by atoms with Crippen molar-refractivity contribution in [2.75, 3.05) is 5.73 Å². The van der Waals surface area contributed by atoms with E-state index in [0.29, 0.717) is 17.2 Å². The molecule has 0 saturated carbocycles. The van der Waals surface area contributed by atoms with Crippen LogP contribution in [0.3, 0.4) is 0 Å². The van der Waals surface area contributed by atoms with E-state index in [1.54, 1.807) is 12.1 Å². The number of non-ortho nitro benzene ring substituents is 1. The van der Waals surface area contributed by atoms with Gasteiger partial charge in [-0.05, 0) is 12.5 Å². The van der Waals surface area contributed by atoms with Crippen LogP contribution >= 0.6 is 0 Å². The van der Waals surface area contributed by atoms with Gasteiger partial charge in [0.1, 0.15) is 5.82 Å². The summed E-state index contributed by atoms with van der Waals surface area (Å²) < 4.78 is 0. The van der Waals surface area contributed by atoms with Crippen molar-refractivity contribution in [2.45, 2.75) is 33.1 Å². The molecule has 0 radical (unpaired) electrons. The van der Waals surface area contributed by atoms with E-state index in [9.17, 15) is 10.1 Å². The zero-order valence-corrected chi connectivity index (χ0v) is 12.5. The number of rotatable bonds is 2. The third-order valence-electron chi connectivity index (χ3n) is 3.19. The van der Waals surface area contributed by atoms with Gasteiger partial charge in [0.2, 0.25) is 0 Å². The van der Waals surface area contributed by atoms with E-state index in [1.807, 2.05) is 27.7 Å². The highest BCUT2D eigenvalue weighted by molar-refractivity contribution is 5.65. The van der Waals surface area contributed by atoms with Gasteiger partial charge in [-0.15, -0.1) is 0 Å². The van der Waals surface area contributed by atoms with Crippen LogP contribution in [-0.4, -0.2) is 14.9 Å². The highest BCUT2D eigenvalue weighted by Crippen LogP contribution is 2.28. The van der Waals surface area contributed by atoms with Gasteiger partial charge >= 0.3 is 0 Å². The quantitative estimate of drug-likeness (QED) is 0.675. The van der Waals surface area contributed by atoms with Crippen LogP contribution in [0.5, 0.6) is 0 Å². The minimum atomic E-state index is -0.431. The lowest BCUT2D eigenvalue weighted by Crippen LogP contribution is -2.15. The second-order valence-corrected chi connectivity index (χ2v) is 6.01. The normalized spacial score (nSPS) is 11.4. The second-order valence-electron chi connectivity index (χ2n) is 6.01. The Balaban J connectivity index is 2.64. The van der Waals surface area contributed by atoms with Crippen LogP contribution in [0, 0.1) is 17.0 Å². The summed E-state index contributed by atoms with van der Waals surface area (Å²) in [5.41, 5.74) is 7.98. The van der Waals surface area contributed by atoms with Gasteiger partial charge in [-0.2, -0.15) is 0 Å². The number of nitro benzene ring substituents is 1.